The van der Waals surface area contributed by atoms with Crippen LogP contribution in [0.3, 0.4) is 0 Å². The number of benzene rings is 2. The molecule has 300 valence electrons. The van der Waals surface area contributed by atoms with E-state index in [0.29, 0.717) is 73.3 Å². The summed E-state index contributed by atoms with van der Waals surface area (Å²) < 4.78 is 21.6. The number of fused-ring (bicyclic) bond motifs is 6. The van der Waals surface area contributed by atoms with Crippen LogP contribution in [-0.4, -0.2) is 76.5 Å². The third-order valence-electron chi connectivity index (χ3n) is 15.3. The van der Waals surface area contributed by atoms with Gasteiger partial charge in [-0.2, -0.15) is 5.10 Å². The van der Waals surface area contributed by atoms with Gasteiger partial charge in [-0.05, 0) is 116 Å². The summed E-state index contributed by atoms with van der Waals surface area (Å²) in [5.41, 5.74) is 1.72. The Balaban J connectivity index is 0.742. The summed E-state index contributed by atoms with van der Waals surface area (Å²) in [4.78, 5) is 54.4. The predicted molar refractivity (Wildman–Crippen MR) is 214 cm³/mol. The van der Waals surface area contributed by atoms with Gasteiger partial charge in [-0.1, -0.05) is 51.0 Å². The number of carbonyl (C=O) groups is 3. The first-order chi connectivity index (χ1) is 27.0. The molecule has 0 radical (unpaired) electrons. The van der Waals surface area contributed by atoms with Gasteiger partial charge >= 0.3 is 0 Å². The molecule has 10 heteroatoms. The molecular weight excluding hydrogens is 708 g/mol. The van der Waals surface area contributed by atoms with Gasteiger partial charge in [0.1, 0.15) is 11.6 Å². The number of halogens is 1. The first-order valence-corrected chi connectivity index (χ1v) is 21.5. The van der Waals surface area contributed by atoms with E-state index in [2.05, 4.69) is 24.0 Å². The molecule has 5 aliphatic rings. The lowest BCUT2D eigenvalue weighted by Crippen LogP contribution is -2.54. The van der Waals surface area contributed by atoms with Crippen molar-refractivity contribution in [1.29, 1.82) is 0 Å². The van der Waals surface area contributed by atoms with Gasteiger partial charge in [0.2, 0.25) is 5.91 Å². The third kappa shape index (κ3) is 7.47. The number of piperazine rings is 1. The predicted octanol–water partition coefficient (Wildman–Crippen LogP) is 7.88. The van der Waals surface area contributed by atoms with E-state index < -0.39 is 5.82 Å². The van der Waals surface area contributed by atoms with Crippen LogP contribution in [0.4, 0.5) is 4.39 Å². The highest BCUT2D eigenvalue weighted by molar-refractivity contribution is 5.95. The molecule has 1 aliphatic heterocycles. The van der Waals surface area contributed by atoms with Crippen molar-refractivity contribution >= 4 is 28.4 Å². The molecule has 8 rings (SSSR count). The van der Waals surface area contributed by atoms with Gasteiger partial charge < -0.3 is 14.5 Å². The molecular formula is C46H59FN4O5. The zero-order valence-corrected chi connectivity index (χ0v) is 33.3. The summed E-state index contributed by atoms with van der Waals surface area (Å²) >= 11 is 0. The van der Waals surface area contributed by atoms with Crippen molar-refractivity contribution in [2.75, 3.05) is 32.8 Å². The molecule has 9 nitrogen and oxygen atoms in total. The Labute approximate surface area is 330 Å². The Hall–Kier alpha value is -3.92. The number of unbranched alkanes of at least 4 members (excludes halogenated alkanes) is 3. The fourth-order valence-corrected chi connectivity index (χ4v) is 12.1. The van der Waals surface area contributed by atoms with Crippen LogP contribution in [0.2, 0.25) is 0 Å². The van der Waals surface area contributed by atoms with Crippen LogP contribution in [0.5, 0.6) is 0 Å². The average Bonchev–Trinajstić information content (AvgIpc) is 3.55. The Morgan fingerprint density at radius 2 is 1.61 bits per heavy atom. The Kier molecular flexibility index (Phi) is 11.2. The standard InChI is InChI=1S/C46H59FN4O5/c1-45-20-18-32(52)29-31(45)13-14-35-37-15-17-41(46(37,2)21-19-38(35)45)56-26-8-4-3-5-11-42(53)50-22-24-51(25-23-50)44(55)36-27-30(12-16-39(36)47)28-40-33-9-6-7-10-34(33)43(54)49-48-40/h6-7,9-10,12,16,27,31,35,37-38,41H,3-5,8,11,13-15,17-26,28-29H2,1-2H3,(H,49,54)/t31?,35-,37?,38?,41-,45-,46-/m0/s1. The summed E-state index contributed by atoms with van der Waals surface area (Å²) in [5, 5.41) is 8.02. The number of rotatable bonds is 11. The molecule has 2 heterocycles. The van der Waals surface area contributed by atoms with E-state index in [-0.39, 0.29) is 28.4 Å². The molecule has 1 aromatic heterocycles. The number of hydrogen-bond acceptors (Lipinski definition) is 6. The minimum Gasteiger partial charge on any atom is -0.378 e. The van der Waals surface area contributed by atoms with Crippen molar-refractivity contribution in [3.8, 4) is 0 Å². The van der Waals surface area contributed by atoms with Gasteiger partial charge in [-0.15, -0.1) is 0 Å². The second kappa shape index (κ2) is 16.1. The quantitative estimate of drug-likeness (QED) is 0.199. The molecule has 7 atom stereocenters. The lowest BCUT2D eigenvalue weighted by Gasteiger charge is -2.60. The maximum atomic E-state index is 15.0. The minimum atomic E-state index is -0.581. The molecule has 3 unspecified atom stereocenters. The molecule has 4 saturated carbocycles. The molecule has 4 aliphatic carbocycles. The number of nitrogens with zero attached hydrogens (tertiary/aromatic N) is 3. The number of carbonyl (C=O) groups excluding carboxylic acids is 3. The van der Waals surface area contributed by atoms with E-state index in [1.807, 2.05) is 17.0 Å². The van der Waals surface area contributed by atoms with E-state index in [9.17, 15) is 23.6 Å². The van der Waals surface area contributed by atoms with Crippen molar-refractivity contribution in [3.63, 3.8) is 0 Å². The second-order valence-corrected chi connectivity index (χ2v) is 18.3. The van der Waals surface area contributed by atoms with E-state index in [1.165, 1.54) is 44.6 Å². The maximum absolute atomic E-state index is 15.0. The molecule has 3 aromatic rings. The van der Waals surface area contributed by atoms with Crippen molar-refractivity contribution in [1.82, 2.24) is 20.0 Å². The molecule has 56 heavy (non-hydrogen) atoms. The lowest BCUT2D eigenvalue weighted by molar-refractivity contribution is -0.145. The van der Waals surface area contributed by atoms with Crippen LogP contribution in [0.25, 0.3) is 10.8 Å². The normalized spacial score (nSPS) is 30.2. The van der Waals surface area contributed by atoms with Gasteiger partial charge in [0, 0.05) is 63.9 Å². The molecule has 0 spiro atoms. The van der Waals surface area contributed by atoms with Gasteiger partial charge in [0.05, 0.1) is 22.7 Å². The smallest absolute Gasteiger partial charge is 0.272 e. The van der Waals surface area contributed by atoms with Crippen LogP contribution >= 0.6 is 0 Å². The number of nitrogens with one attached hydrogen (secondary N) is 1. The van der Waals surface area contributed by atoms with Crippen LogP contribution in [0.1, 0.15) is 125 Å². The molecule has 5 fully saturated rings. The van der Waals surface area contributed by atoms with Crippen LogP contribution in [0, 0.1) is 40.3 Å². The largest absolute Gasteiger partial charge is 0.378 e. The second-order valence-electron chi connectivity index (χ2n) is 18.3. The van der Waals surface area contributed by atoms with E-state index in [0.717, 1.165) is 80.3 Å². The number of aromatic nitrogens is 2. The van der Waals surface area contributed by atoms with Gasteiger partial charge in [-0.3, -0.25) is 19.2 Å². The first-order valence-electron chi connectivity index (χ1n) is 21.5. The number of ketones is 1. The number of hydrogen-bond donors (Lipinski definition) is 1. The van der Waals surface area contributed by atoms with Crippen molar-refractivity contribution in [2.24, 2.45) is 34.5 Å². The average molecular weight is 767 g/mol. The fraction of sp³-hybridized carbons (Fsp3) is 0.630. The number of aromatic amines is 1. The number of H-pyrrole nitrogens is 1. The van der Waals surface area contributed by atoms with E-state index >= 15 is 0 Å². The molecule has 1 saturated heterocycles. The van der Waals surface area contributed by atoms with Gasteiger partial charge in [0.15, 0.2) is 0 Å². The van der Waals surface area contributed by atoms with Crippen molar-refractivity contribution in [3.05, 3.63) is 75.5 Å². The highest BCUT2D eigenvalue weighted by atomic mass is 19.1. The Morgan fingerprint density at radius 3 is 2.43 bits per heavy atom. The molecule has 1 N–H and O–H groups in total. The van der Waals surface area contributed by atoms with E-state index in [1.54, 1.807) is 29.2 Å². The zero-order valence-electron chi connectivity index (χ0n) is 33.3. The zero-order chi connectivity index (χ0) is 39.0. The summed E-state index contributed by atoms with van der Waals surface area (Å²) in [6, 6.07) is 11.7. The van der Waals surface area contributed by atoms with Crippen molar-refractivity contribution in [2.45, 2.75) is 116 Å². The highest BCUT2D eigenvalue weighted by Gasteiger charge is 2.60. The minimum absolute atomic E-state index is 0.00450. The topological polar surface area (TPSA) is 113 Å². The van der Waals surface area contributed by atoms with Gasteiger partial charge in [0.25, 0.3) is 11.5 Å². The van der Waals surface area contributed by atoms with Crippen LogP contribution < -0.4 is 5.56 Å². The number of ether oxygens (including phenoxy) is 1. The fourth-order valence-electron chi connectivity index (χ4n) is 12.1. The molecule has 2 amide bonds. The SMILES string of the molecule is C[C@]12CCC(=O)CC1CC[C@@H]1C2CC[C@@]2(C)C1CC[C@@H]2OCCCCCCC(=O)N1CCN(C(=O)c2cc(Cc3n[nH]c(=O)c4ccccc34)ccc2F)CC1. The Bertz CT molecular complexity index is 2010. The maximum Gasteiger partial charge on any atom is 0.272 e. The molecule has 2 aromatic carbocycles. The molecule has 0 bridgehead atoms. The Morgan fingerprint density at radius 1 is 0.857 bits per heavy atom. The monoisotopic (exact) mass is 766 g/mol. The number of amides is 2. The summed E-state index contributed by atoms with van der Waals surface area (Å²) in [7, 11) is 0. The van der Waals surface area contributed by atoms with Gasteiger partial charge in [-0.25, -0.2) is 9.49 Å². The summed E-state index contributed by atoms with van der Waals surface area (Å²) in [5.74, 6) is 2.56. The summed E-state index contributed by atoms with van der Waals surface area (Å²) in [6.45, 7) is 7.43. The number of Topliss-reactive ketones (excluding diaryl/α,β-unsaturated/α-hetero) is 1. The summed E-state index contributed by atoms with van der Waals surface area (Å²) in [6.07, 6.45) is 15.3. The van der Waals surface area contributed by atoms with E-state index in [4.69, 9.17) is 4.74 Å². The van der Waals surface area contributed by atoms with Crippen LogP contribution in [-0.2, 0) is 20.7 Å². The van der Waals surface area contributed by atoms with Crippen LogP contribution in [0.15, 0.2) is 47.3 Å². The van der Waals surface area contributed by atoms with Crippen molar-refractivity contribution < 1.29 is 23.5 Å². The third-order valence-corrected chi connectivity index (χ3v) is 15.3. The lowest BCUT2D eigenvalue weighted by atomic mass is 9.45. The highest BCUT2D eigenvalue weighted by Crippen LogP contribution is 2.66. The first kappa shape index (κ1) is 38.9.